The lowest BCUT2D eigenvalue weighted by atomic mass is 10.4. The molecular formula is C7H14N2O2+. The molecule has 0 aromatic heterocycles. The van der Waals surface area contributed by atoms with E-state index >= 15 is 0 Å². The number of hydrogen-bond donors (Lipinski definition) is 1. The summed E-state index contributed by atoms with van der Waals surface area (Å²) in [6, 6.07) is -0.301. The standard InChI is InChI=1S/C7H14N2O2/c1-4-9(5-2,6-10)7(11)8-3/h4-5H2,1-3H3,(H,8,11)/q+1. The number of carbonyl (C=O) groups is 1. The molecule has 11 heavy (non-hydrogen) atoms. The summed E-state index contributed by atoms with van der Waals surface area (Å²) >= 11 is 0. The predicted molar refractivity (Wildman–Crippen MR) is 41.5 cm³/mol. The fraction of sp³-hybridized carbons (Fsp3) is 0.714. The summed E-state index contributed by atoms with van der Waals surface area (Å²) < 4.78 is -0.267. The van der Waals surface area contributed by atoms with Gasteiger partial charge in [-0.1, -0.05) is 0 Å². The topological polar surface area (TPSA) is 46.2 Å². The van der Waals surface area contributed by atoms with Gasteiger partial charge >= 0.3 is 12.4 Å². The van der Waals surface area contributed by atoms with Crippen LogP contribution in [-0.4, -0.2) is 37.1 Å². The SMILES string of the molecule is CC[N+]([C]=O)(CC)C(=O)NC. The molecule has 0 rings (SSSR count). The van der Waals surface area contributed by atoms with Crippen molar-refractivity contribution in [3.63, 3.8) is 0 Å². The summed E-state index contributed by atoms with van der Waals surface area (Å²) in [7, 11) is 1.51. The number of urea groups is 1. The van der Waals surface area contributed by atoms with Gasteiger partial charge in [0.25, 0.3) is 0 Å². The van der Waals surface area contributed by atoms with Gasteiger partial charge in [-0.25, -0.2) is 9.59 Å². The Kier molecular flexibility index (Phi) is 3.74. The van der Waals surface area contributed by atoms with Crippen LogP contribution in [0.25, 0.3) is 0 Å². The zero-order valence-corrected chi connectivity index (χ0v) is 7.18. The van der Waals surface area contributed by atoms with E-state index in [4.69, 9.17) is 0 Å². The van der Waals surface area contributed by atoms with Gasteiger partial charge in [0.15, 0.2) is 0 Å². The average Bonchev–Trinajstić information content (AvgIpc) is 2.08. The van der Waals surface area contributed by atoms with Crippen LogP contribution in [0, 0.1) is 0 Å². The van der Waals surface area contributed by atoms with Gasteiger partial charge in [0.2, 0.25) is 0 Å². The van der Waals surface area contributed by atoms with E-state index in [0.29, 0.717) is 13.1 Å². The summed E-state index contributed by atoms with van der Waals surface area (Å²) in [5.41, 5.74) is 0. The van der Waals surface area contributed by atoms with E-state index in [9.17, 15) is 9.59 Å². The van der Waals surface area contributed by atoms with Crippen molar-refractivity contribution in [1.82, 2.24) is 5.32 Å². The fourth-order valence-electron chi connectivity index (χ4n) is 0.895. The highest BCUT2D eigenvalue weighted by atomic mass is 16.2. The molecule has 0 fully saturated rings. The molecule has 0 unspecified atom stereocenters. The van der Waals surface area contributed by atoms with Crippen LogP contribution in [0.5, 0.6) is 0 Å². The molecule has 0 spiro atoms. The van der Waals surface area contributed by atoms with Crippen molar-refractivity contribution >= 4 is 12.4 Å². The molecule has 4 heteroatoms. The van der Waals surface area contributed by atoms with Crippen LogP contribution < -0.4 is 5.32 Å². The molecule has 63 valence electrons. The second-order valence-corrected chi connectivity index (χ2v) is 2.25. The maximum Gasteiger partial charge on any atom is 0.452 e. The normalized spacial score (nSPS) is 10.8. The Balaban J connectivity index is 4.53. The highest BCUT2D eigenvalue weighted by molar-refractivity contribution is 5.73. The molecule has 0 aliphatic rings. The molecule has 0 atom stereocenters. The number of nitrogens with one attached hydrogen (secondary N) is 1. The molecule has 0 aliphatic carbocycles. The Morgan fingerprint density at radius 2 is 1.91 bits per heavy atom. The lowest BCUT2D eigenvalue weighted by molar-refractivity contribution is -0.751. The highest BCUT2D eigenvalue weighted by Gasteiger charge is 2.33. The van der Waals surface area contributed by atoms with Gasteiger partial charge in [-0.05, 0) is 13.8 Å². The Morgan fingerprint density at radius 1 is 1.45 bits per heavy atom. The van der Waals surface area contributed by atoms with Gasteiger partial charge in [0.05, 0.1) is 13.1 Å². The van der Waals surface area contributed by atoms with Crippen molar-refractivity contribution in [2.24, 2.45) is 0 Å². The van der Waals surface area contributed by atoms with Crippen LogP contribution in [-0.2, 0) is 4.79 Å². The molecule has 1 radical (unpaired) electrons. The van der Waals surface area contributed by atoms with E-state index < -0.39 is 0 Å². The van der Waals surface area contributed by atoms with E-state index in [0.717, 1.165) is 0 Å². The molecule has 4 nitrogen and oxygen atoms in total. The lowest BCUT2D eigenvalue weighted by Crippen LogP contribution is -2.55. The van der Waals surface area contributed by atoms with Gasteiger partial charge in [-0.2, -0.15) is 4.48 Å². The second kappa shape index (κ2) is 4.08. The number of hydrogen-bond acceptors (Lipinski definition) is 2. The fourth-order valence-corrected chi connectivity index (χ4v) is 0.895. The number of quaternary nitrogens is 1. The molecule has 0 aromatic carbocycles. The molecule has 0 aliphatic heterocycles. The molecule has 0 bridgehead atoms. The number of imide groups is 1. The largest absolute Gasteiger partial charge is 0.452 e. The lowest BCUT2D eigenvalue weighted by Gasteiger charge is -2.23. The van der Waals surface area contributed by atoms with Crippen LogP contribution >= 0.6 is 0 Å². The Labute approximate surface area is 66.8 Å². The van der Waals surface area contributed by atoms with Crippen LogP contribution in [0.15, 0.2) is 0 Å². The number of nitrogens with zero attached hydrogens (tertiary/aromatic N) is 1. The van der Waals surface area contributed by atoms with Gasteiger partial charge in [-0.15, -0.1) is 0 Å². The maximum absolute atomic E-state index is 11.1. The van der Waals surface area contributed by atoms with Crippen molar-refractivity contribution in [2.45, 2.75) is 13.8 Å². The summed E-state index contributed by atoms with van der Waals surface area (Å²) in [6.45, 7) is 4.45. The minimum atomic E-state index is -0.301. The van der Waals surface area contributed by atoms with Crippen molar-refractivity contribution in [3.05, 3.63) is 0 Å². The first kappa shape index (κ1) is 10.1. The van der Waals surface area contributed by atoms with Crippen LogP contribution in [0.2, 0.25) is 0 Å². The molecule has 0 aromatic rings. The van der Waals surface area contributed by atoms with E-state index in [-0.39, 0.29) is 10.5 Å². The molecule has 0 heterocycles. The minimum Gasteiger partial charge on any atom is -0.308 e. The molecule has 1 N–H and O–H groups in total. The smallest absolute Gasteiger partial charge is 0.308 e. The number of rotatable bonds is 3. The minimum absolute atomic E-state index is 0.267. The summed E-state index contributed by atoms with van der Waals surface area (Å²) in [4.78, 5) is 21.6. The highest BCUT2D eigenvalue weighted by Crippen LogP contribution is 2.01. The summed E-state index contributed by atoms with van der Waals surface area (Å²) in [5.74, 6) is 0. The average molecular weight is 158 g/mol. The molecule has 0 saturated heterocycles. The second-order valence-electron chi connectivity index (χ2n) is 2.25. The molecule has 0 saturated carbocycles. The van der Waals surface area contributed by atoms with Crippen molar-refractivity contribution in [1.29, 1.82) is 0 Å². The maximum atomic E-state index is 11.1. The third kappa shape index (κ3) is 1.77. The third-order valence-corrected chi connectivity index (χ3v) is 1.86. The quantitative estimate of drug-likeness (QED) is 0.598. The van der Waals surface area contributed by atoms with Gasteiger partial charge < -0.3 is 5.32 Å². The molecular weight excluding hydrogens is 144 g/mol. The summed E-state index contributed by atoms with van der Waals surface area (Å²) in [6.07, 6.45) is 1.74. The van der Waals surface area contributed by atoms with Crippen molar-refractivity contribution in [2.75, 3.05) is 20.1 Å². The van der Waals surface area contributed by atoms with Gasteiger partial charge in [0, 0.05) is 7.05 Å². The monoisotopic (exact) mass is 158 g/mol. The van der Waals surface area contributed by atoms with Crippen LogP contribution in [0.4, 0.5) is 4.79 Å². The zero-order chi connectivity index (χ0) is 8.91. The number of carbonyl (C=O) groups excluding carboxylic acids is 2. The first-order valence-corrected chi connectivity index (χ1v) is 3.65. The predicted octanol–water partition coefficient (Wildman–Crippen LogP) is 0.250. The first-order valence-electron chi connectivity index (χ1n) is 3.65. The Bertz CT molecular complexity index is 153. The first-order chi connectivity index (χ1) is 5.16. The van der Waals surface area contributed by atoms with E-state index in [1.165, 1.54) is 7.05 Å². The van der Waals surface area contributed by atoms with Gasteiger partial charge in [0.1, 0.15) is 0 Å². The van der Waals surface area contributed by atoms with Gasteiger partial charge in [-0.3, -0.25) is 0 Å². The third-order valence-electron chi connectivity index (χ3n) is 1.86. The zero-order valence-electron chi connectivity index (χ0n) is 7.18. The Hall–Kier alpha value is -0.900. The van der Waals surface area contributed by atoms with E-state index in [2.05, 4.69) is 5.32 Å². The number of amides is 3. The van der Waals surface area contributed by atoms with Crippen molar-refractivity contribution < 1.29 is 14.1 Å². The summed E-state index contributed by atoms with van der Waals surface area (Å²) in [5, 5.41) is 2.43. The van der Waals surface area contributed by atoms with Crippen LogP contribution in [0.3, 0.4) is 0 Å². The van der Waals surface area contributed by atoms with Crippen LogP contribution in [0.1, 0.15) is 13.8 Å². The van der Waals surface area contributed by atoms with E-state index in [1.807, 2.05) is 0 Å². The van der Waals surface area contributed by atoms with Crippen molar-refractivity contribution in [3.8, 4) is 0 Å². The molecule has 3 amide bonds. The Morgan fingerprint density at radius 3 is 2.00 bits per heavy atom. The van der Waals surface area contributed by atoms with E-state index in [1.54, 1.807) is 20.3 Å².